The van der Waals surface area contributed by atoms with Crippen LogP contribution in [-0.2, 0) is 9.47 Å². The van der Waals surface area contributed by atoms with E-state index in [1.807, 2.05) is 39.8 Å². The summed E-state index contributed by atoms with van der Waals surface area (Å²) < 4.78 is 16.0. The number of ether oxygens (including phenoxy) is 2. The van der Waals surface area contributed by atoms with Crippen LogP contribution in [0.2, 0.25) is 0 Å². The fourth-order valence-corrected chi connectivity index (χ4v) is 2.01. The Hall–Kier alpha value is -2.50. The smallest absolute Gasteiger partial charge is 0.415 e. The zero-order chi connectivity index (χ0) is 17.2. The van der Waals surface area contributed by atoms with E-state index in [2.05, 4.69) is 11.7 Å². The van der Waals surface area contributed by atoms with Crippen LogP contribution in [0.1, 0.15) is 33.3 Å². The number of aromatic nitrogens is 1. The quantitative estimate of drug-likeness (QED) is 0.790. The molecule has 6 heteroatoms. The molecule has 0 saturated carbocycles. The molecular formula is C17H22N2O4. The van der Waals surface area contributed by atoms with Gasteiger partial charge in [-0.15, -0.1) is 0 Å². The molecular weight excluding hydrogens is 296 g/mol. The van der Waals surface area contributed by atoms with E-state index in [0.717, 1.165) is 5.56 Å². The molecule has 0 spiro atoms. The van der Waals surface area contributed by atoms with Gasteiger partial charge in [0.1, 0.15) is 11.4 Å². The molecule has 1 aromatic heterocycles. The van der Waals surface area contributed by atoms with Gasteiger partial charge in [0.2, 0.25) is 0 Å². The first-order valence-corrected chi connectivity index (χ1v) is 7.41. The molecule has 0 atom stereocenters. The molecule has 124 valence electrons. The third-order valence-corrected chi connectivity index (χ3v) is 3.08. The maximum absolute atomic E-state index is 12.1. The molecule has 0 saturated heterocycles. The number of carbonyl (C=O) groups is 1. The number of carbonyl (C=O) groups excluding carboxylic acids is 1. The molecule has 0 unspecified atom stereocenters. The topological polar surface area (TPSA) is 64.8 Å². The van der Waals surface area contributed by atoms with E-state index >= 15 is 0 Å². The van der Waals surface area contributed by atoms with Crippen molar-refractivity contribution in [1.29, 1.82) is 0 Å². The molecule has 23 heavy (non-hydrogen) atoms. The highest BCUT2D eigenvalue weighted by Gasteiger charge is 2.24. The van der Waals surface area contributed by atoms with Gasteiger partial charge in [0.25, 0.3) is 0 Å². The van der Waals surface area contributed by atoms with Crippen molar-refractivity contribution in [3.05, 3.63) is 30.3 Å². The van der Waals surface area contributed by atoms with Crippen LogP contribution < -0.4 is 4.90 Å². The van der Waals surface area contributed by atoms with E-state index in [-0.39, 0.29) is 0 Å². The lowest BCUT2D eigenvalue weighted by Crippen LogP contribution is -2.34. The molecule has 1 aromatic carbocycles. The normalized spacial score (nSPS) is 11.3. The van der Waals surface area contributed by atoms with Crippen molar-refractivity contribution in [2.75, 3.05) is 18.6 Å². The second-order valence-electron chi connectivity index (χ2n) is 6.11. The van der Waals surface area contributed by atoms with Crippen LogP contribution >= 0.6 is 0 Å². The molecule has 0 radical (unpaired) electrons. The standard InChI is InChI=1S/C17H22N2O4/c1-7-21-11(2)12-8-9-13-14(10-12)23-18-15(13)19(6)16(20)22-17(3,4)5/h8-10H,2,7H2,1,3-6H3. The van der Waals surface area contributed by atoms with Gasteiger partial charge in [0.15, 0.2) is 11.4 Å². The minimum atomic E-state index is -0.576. The Balaban J connectivity index is 2.29. The monoisotopic (exact) mass is 318 g/mol. The second kappa shape index (κ2) is 6.32. The van der Waals surface area contributed by atoms with Gasteiger partial charge in [0, 0.05) is 12.6 Å². The average molecular weight is 318 g/mol. The first-order valence-electron chi connectivity index (χ1n) is 7.41. The minimum absolute atomic E-state index is 0.405. The summed E-state index contributed by atoms with van der Waals surface area (Å²) in [6.45, 7) is 11.7. The van der Waals surface area contributed by atoms with Gasteiger partial charge in [-0.3, -0.25) is 4.90 Å². The van der Waals surface area contributed by atoms with Crippen LogP contribution in [0.15, 0.2) is 29.3 Å². The Kier molecular flexibility index (Phi) is 4.63. The van der Waals surface area contributed by atoms with Gasteiger partial charge in [-0.05, 0) is 39.8 Å². The number of anilines is 1. The molecule has 2 rings (SSSR count). The molecule has 0 fully saturated rings. The van der Waals surface area contributed by atoms with Crippen LogP contribution in [0.4, 0.5) is 10.6 Å². The number of nitrogens with zero attached hydrogens (tertiary/aromatic N) is 2. The summed E-state index contributed by atoms with van der Waals surface area (Å²) in [5.41, 5.74) is 0.781. The summed E-state index contributed by atoms with van der Waals surface area (Å²) in [5, 5.41) is 4.69. The molecule has 0 bridgehead atoms. The fourth-order valence-electron chi connectivity index (χ4n) is 2.01. The number of amides is 1. The van der Waals surface area contributed by atoms with Crippen LogP contribution in [0.25, 0.3) is 16.7 Å². The van der Waals surface area contributed by atoms with Crippen molar-refractivity contribution < 1.29 is 18.8 Å². The van der Waals surface area contributed by atoms with Crippen molar-refractivity contribution in [1.82, 2.24) is 5.16 Å². The Bertz CT molecular complexity index is 728. The predicted molar refractivity (Wildman–Crippen MR) is 89.3 cm³/mol. The van der Waals surface area contributed by atoms with Crippen molar-refractivity contribution in [2.45, 2.75) is 33.3 Å². The first kappa shape index (κ1) is 16.9. The maximum Gasteiger partial charge on any atom is 0.415 e. The Morgan fingerprint density at radius 1 is 1.39 bits per heavy atom. The lowest BCUT2D eigenvalue weighted by Gasteiger charge is -2.23. The van der Waals surface area contributed by atoms with E-state index in [9.17, 15) is 4.79 Å². The number of benzene rings is 1. The number of hydrogen-bond acceptors (Lipinski definition) is 5. The fraction of sp³-hybridized carbons (Fsp3) is 0.412. The van der Waals surface area contributed by atoms with E-state index in [1.165, 1.54) is 4.90 Å². The summed E-state index contributed by atoms with van der Waals surface area (Å²) in [6, 6.07) is 5.46. The van der Waals surface area contributed by atoms with Gasteiger partial charge in [0.05, 0.1) is 12.0 Å². The summed E-state index contributed by atoms with van der Waals surface area (Å²) >= 11 is 0. The number of hydrogen-bond donors (Lipinski definition) is 0. The van der Waals surface area contributed by atoms with Gasteiger partial charge >= 0.3 is 6.09 Å². The highest BCUT2D eigenvalue weighted by Crippen LogP contribution is 2.29. The number of fused-ring (bicyclic) bond motifs is 1. The van der Waals surface area contributed by atoms with Crippen molar-refractivity contribution in [3.8, 4) is 0 Å². The molecule has 0 N–H and O–H groups in total. The third kappa shape index (κ3) is 3.83. The second-order valence-corrected chi connectivity index (χ2v) is 6.11. The van der Waals surface area contributed by atoms with Crippen LogP contribution in [0.3, 0.4) is 0 Å². The Morgan fingerprint density at radius 2 is 2.09 bits per heavy atom. The molecule has 2 aromatic rings. The van der Waals surface area contributed by atoms with Crippen LogP contribution in [0.5, 0.6) is 0 Å². The molecule has 0 aliphatic carbocycles. The lowest BCUT2D eigenvalue weighted by atomic mass is 10.1. The summed E-state index contributed by atoms with van der Waals surface area (Å²) in [5.74, 6) is 0.968. The van der Waals surface area contributed by atoms with Gasteiger partial charge in [-0.1, -0.05) is 17.8 Å². The Morgan fingerprint density at radius 3 is 2.70 bits per heavy atom. The van der Waals surface area contributed by atoms with Gasteiger partial charge in [-0.2, -0.15) is 0 Å². The lowest BCUT2D eigenvalue weighted by molar-refractivity contribution is 0.0587. The van der Waals surface area contributed by atoms with Crippen LogP contribution in [0, 0.1) is 0 Å². The first-order chi connectivity index (χ1) is 10.7. The van der Waals surface area contributed by atoms with E-state index < -0.39 is 11.7 Å². The molecule has 1 heterocycles. The maximum atomic E-state index is 12.1. The molecule has 0 aliphatic heterocycles. The predicted octanol–water partition coefficient (Wildman–Crippen LogP) is 4.21. The Labute approximate surface area is 135 Å². The summed E-state index contributed by atoms with van der Waals surface area (Å²) in [4.78, 5) is 13.5. The van der Waals surface area contributed by atoms with Crippen molar-refractivity contribution in [3.63, 3.8) is 0 Å². The van der Waals surface area contributed by atoms with Crippen LogP contribution in [-0.4, -0.2) is 30.5 Å². The third-order valence-electron chi connectivity index (χ3n) is 3.08. The highest BCUT2D eigenvalue weighted by atomic mass is 16.6. The number of rotatable bonds is 4. The minimum Gasteiger partial charge on any atom is -0.494 e. The summed E-state index contributed by atoms with van der Waals surface area (Å²) in [6.07, 6.45) is -0.490. The zero-order valence-electron chi connectivity index (χ0n) is 14.2. The summed E-state index contributed by atoms with van der Waals surface area (Å²) in [7, 11) is 1.60. The molecule has 6 nitrogen and oxygen atoms in total. The largest absolute Gasteiger partial charge is 0.494 e. The zero-order valence-corrected chi connectivity index (χ0v) is 14.2. The van der Waals surface area contributed by atoms with Gasteiger partial charge < -0.3 is 14.0 Å². The SMILES string of the molecule is C=C(OCC)c1ccc2c(N(C)C(=O)OC(C)(C)C)noc2c1. The van der Waals surface area contributed by atoms with E-state index in [0.29, 0.717) is 29.2 Å². The van der Waals surface area contributed by atoms with Gasteiger partial charge in [-0.25, -0.2) is 4.79 Å². The van der Waals surface area contributed by atoms with E-state index in [1.54, 1.807) is 13.1 Å². The molecule has 0 aliphatic rings. The van der Waals surface area contributed by atoms with Crippen molar-refractivity contribution in [2.24, 2.45) is 0 Å². The molecule has 1 amide bonds. The van der Waals surface area contributed by atoms with E-state index in [4.69, 9.17) is 14.0 Å². The van der Waals surface area contributed by atoms with Crippen molar-refractivity contribution >= 4 is 28.6 Å². The average Bonchev–Trinajstić information content (AvgIpc) is 2.87. The highest BCUT2D eigenvalue weighted by molar-refractivity contribution is 5.98.